The van der Waals surface area contributed by atoms with Crippen LogP contribution in [0.3, 0.4) is 0 Å². The average Bonchev–Trinajstić information content (AvgIpc) is 2.83. The van der Waals surface area contributed by atoms with Crippen LogP contribution in [0.25, 0.3) is 11.1 Å². The highest BCUT2D eigenvalue weighted by Crippen LogP contribution is 2.39. The quantitative estimate of drug-likeness (QED) is 0.534. The number of anilines is 1. The minimum Gasteiger partial charge on any atom is -0.487 e. The van der Waals surface area contributed by atoms with Crippen molar-refractivity contribution in [2.24, 2.45) is 5.92 Å². The molecule has 2 aromatic rings. The number of rotatable bonds is 6. The topological polar surface area (TPSA) is 78.9 Å². The molecule has 2 aliphatic rings. The van der Waals surface area contributed by atoms with E-state index in [-0.39, 0.29) is 18.2 Å². The summed E-state index contributed by atoms with van der Waals surface area (Å²) in [7, 11) is 0. The second-order valence-corrected chi connectivity index (χ2v) is 9.92. The summed E-state index contributed by atoms with van der Waals surface area (Å²) in [5.41, 5.74) is 4.31. The maximum atomic E-state index is 12.8. The van der Waals surface area contributed by atoms with Gasteiger partial charge in [0.05, 0.1) is 12.2 Å². The fourth-order valence-electron chi connectivity index (χ4n) is 5.10. The first kappa shape index (κ1) is 24.1. The van der Waals surface area contributed by atoms with Crippen molar-refractivity contribution in [2.75, 3.05) is 11.4 Å². The highest BCUT2D eigenvalue weighted by Gasteiger charge is 2.29. The molecule has 2 aromatic carbocycles. The molecule has 2 atom stereocenters. The molecule has 1 heterocycles. The van der Waals surface area contributed by atoms with Gasteiger partial charge in [-0.05, 0) is 86.6 Å². The zero-order valence-corrected chi connectivity index (χ0v) is 20.4. The van der Waals surface area contributed by atoms with Crippen LogP contribution in [0.4, 0.5) is 10.5 Å². The van der Waals surface area contributed by atoms with Crippen LogP contribution in [0, 0.1) is 5.92 Å². The first-order valence-electron chi connectivity index (χ1n) is 12.5. The Hall–Kier alpha value is -3.02. The predicted octanol–water partition coefficient (Wildman–Crippen LogP) is 6.20. The third-order valence-electron chi connectivity index (χ3n) is 7.27. The normalized spacial score (nSPS) is 22.9. The van der Waals surface area contributed by atoms with E-state index in [0.717, 1.165) is 54.7 Å². The summed E-state index contributed by atoms with van der Waals surface area (Å²) in [6, 6.07) is 14.8. The minimum absolute atomic E-state index is 0.0796. The maximum Gasteiger partial charge on any atom is 0.322 e. The number of aliphatic carboxylic acids is 1. The summed E-state index contributed by atoms with van der Waals surface area (Å²) in [5, 5.41) is 12.1. The SMILES string of the molecule is CCC(C)NC(=O)N1CC(C)Oc2cc(-c3ccc(C4CCC(CC(=O)O)CC4)cc3)ccc21. The lowest BCUT2D eigenvalue weighted by Gasteiger charge is -2.34. The lowest BCUT2D eigenvalue weighted by molar-refractivity contribution is -0.138. The number of amides is 2. The van der Waals surface area contributed by atoms with E-state index in [1.807, 2.05) is 32.0 Å². The van der Waals surface area contributed by atoms with Crippen LogP contribution in [0.2, 0.25) is 0 Å². The Kier molecular flexibility index (Phi) is 7.44. The number of hydrogen-bond acceptors (Lipinski definition) is 3. The van der Waals surface area contributed by atoms with Crippen molar-refractivity contribution in [3.8, 4) is 16.9 Å². The fourth-order valence-corrected chi connectivity index (χ4v) is 5.10. The van der Waals surface area contributed by atoms with Crippen molar-refractivity contribution in [1.29, 1.82) is 0 Å². The molecule has 2 unspecified atom stereocenters. The molecule has 0 aromatic heterocycles. The second-order valence-electron chi connectivity index (χ2n) is 9.92. The molecule has 0 saturated heterocycles. The van der Waals surface area contributed by atoms with Crippen molar-refractivity contribution < 1.29 is 19.4 Å². The predicted molar refractivity (Wildman–Crippen MR) is 135 cm³/mol. The van der Waals surface area contributed by atoms with E-state index in [9.17, 15) is 9.59 Å². The molecular weight excluding hydrogens is 428 g/mol. The van der Waals surface area contributed by atoms with Gasteiger partial charge in [0.25, 0.3) is 0 Å². The van der Waals surface area contributed by atoms with Crippen molar-refractivity contribution in [1.82, 2.24) is 5.32 Å². The molecular formula is C28H36N2O4. The Labute approximate surface area is 202 Å². The summed E-state index contributed by atoms with van der Waals surface area (Å²) >= 11 is 0. The number of nitrogens with one attached hydrogen (secondary N) is 1. The zero-order chi connectivity index (χ0) is 24.2. The number of ether oxygens (including phenoxy) is 1. The number of fused-ring (bicyclic) bond motifs is 1. The number of carboxylic acids is 1. The molecule has 2 amide bonds. The van der Waals surface area contributed by atoms with E-state index >= 15 is 0 Å². The Morgan fingerprint density at radius 1 is 1.09 bits per heavy atom. The molecule has 6 nitrogen and oxygen atoms in total. The summed E-state index contributed by atoms with van der Waals surface area (Å²) < 4.78 is 6.10. The van der Waals surface area contributed by atoms with E-state index < -0.39 is 5.97 Å². The highest BCUT2D eigenvalue weighted by atomic mass is 16.5. The van der Waals surface area contributed by atoms with Gasteiger partial charge in [0.15, 0.2) is 0 Å². The summed E-state index contributed by atoms with van der Waals surface area (Å²) in [6.07, 6.45) is 5.18. The second kappa shape index (κ2) is 10.5. The molecule has 1 fully saturated rings. The van der Waals surface area contributed by atoms with Gasteiger partial charge < -0.3 is 15.2 Å². The van der Waals surface area contributed by atoms with Gasteiger partial charge in [-0.1, -0.05) is 37.3 Å². The molecule has 0 bridgehead atoms. The van der Waals surface area contributed by atoms with Gasteiger partial charge in [-0.15, -0.1) is 0 Å². The van der Waals surface area contributed by atoms with Crippen molar-refractivity contribution in [2.45, 2.75) is 77.4 Å². The lowest BCUT2D eigenvalue weighted by atomic mass is 9.77. The van der Waals surface area contributed by atoms with Gasteiger partial charge in [-0.25, -0.2) is 4.79 Å². The Morgan fingerprint density at radius 2 is 1.76 bits per heavy atom. The summed E-state index contributed by atoms with van der Waals surface area (Å²) in [4.78, 5) is 25.6. The first-order chi connectivity index (χ1) is 16.3. The molecule has 0 radical (unpaired) electrons. The third-order valence-corrected chi connectivity index (χ3v) is 7.27. The van der Waals surface area contributed by atoms with Crippen molar-refractivity contribution in [3.63, 3.8) is 0 Å². The summed E-state index contributed by atoms with van der Waals surface area (Å²) in [6.45, 7) is 6.58. The molecule has 1 aliphatic carbocycles. The maximum absolute atomic E-state index is 12.8. The number of hydrogen-bond donors (Lipinski definition) is 2. The van der Waals surface area contributed by atoms with Gasteiger partial charge in [0.1, 0.15) is 11.9 Å². The van der Waals surface area contributed by atoms with Crippen LogP contribution >= 0.6 is 0 Å². The molecule has 1 saturated carbocycles. The van der Waals surface area contributed by atoms with Crippen LogP contribution in [0.1, 0.15) is 70.8 Å². The van der Waals surface area contributed by atoms with Gasteiger partial charge in [0.2, 0.25) is 0 Å². The molecule has 182 valence electrons. The van der Waals surface area contributed by atoms with Crippen LogP contribution in [-0.4, -0.2) is 35.8 Å². The van der Waals surface area contributed by atoms with Gasteiger partial charge in [0, 0.05) is 12.5 Å². The molecule has 34 heavy (non-hydrogen) atoms. The first-order valence-corrected chi connectivity index (χ1v) is 12.5. The smallest absolute Gasteiger partial charge is 0.322 e. The highest BCUT2D eigenvalue weighted by molar-refractivity contribution is 5.95. The largest absolute Gasteiger partial charge is 0.487 e. The Balaban J connectivity index is 1.47. The Morgan fingerprint density at radius 3 is 2.41 bits per heavy atom. The zero-order valence-electron chi connectivity index (χ0n) is 20.4. The van der Waals surface area contributed by atoms with Gasteiger partial charge >= 0.3 is 12.0 Å². The van der Waals surface area contributed by atoms with Crippen LogP contribution in [-0.2, 0) is 4.79 Å². The average molecular weight is 465 g/mol. The number of nitrogens with zero attached hydrogens (tertiary/aromatic N) is 1. The standard InChI is InChI=1S/C28H36N2O4/c1-4-18(2)29-28(33)30-17-19(3)34-26-16-24(13-14-25(26)30)23-11-9-22(10-12-23)21-7-5-20(6-8-21)15-27(31)32/h9-14,16,18-21H,4-8,15,17H2,1-3H3,(H,29,33)(H,31,32). The van der Waals surface area contributed by atoms with Crippen molar-refractivity contribution in [3.05, 3.63) is 48.0 Å². The van der Waals surface area contributed by atoms with Crippen LogP contribution in [0.5, 0.6) is 5.75 Å². The van der Waals surface area contributed by atoms with E-state index in [2.05, 4.69) is 36.5 Å². The molecule has 4 rings (SSSR count). The number of carbonyl (C=O) groups excluding carboxylic acids is 1. The van der Waals surface area contributed by atoms with E-state index in [4.69, 9.17) is 9.84 Å². The molecule has 2 N–H and O–H groups in total. The monoisotopic (exact) mass is 464 g/mol. The van der Waals surface area contributed by atoms with Gasteiger partial charge in [-0.2, -0.15) is 0 Å². The van der Waals surface area contributed by atoms with E-state index in [1.165, 1.54) is 5.56 Å². The summed E-state index contributed by atoms with van der Waals surface area (Å²) in [5.74, 6) is 0.869. The third kappa shape index (κ3) is 5.54. The van der Waals surface area contributed by atoms with Crippen molar-refractivity contribution >= 4 is 17.7 Å². The number of benzene rings is 2. The van der Waals surface area contributed by atoms with E-state index in [1.54, 1.807) is 4.90 Å². The Bertz CT molecular complexity index is 1010. The van der Waals surface area contributed by atoms with Crippen LogP contribution in [0.15, 0.2) is 42.5 Å². The lowest BCUT2D eigenvalue weighted by Crippen LogP contribution is -2.49. The van der Waals surface area contributed by atoms with Crippen LogP contribution < -0.4 is 15.0 Å². The molecule has 0 spiro atoms. The fraction of sp³-hybridized carbons (Fsp3) is 0.500. The molecule has 6 heteroatoms. The number of carboxylic acid groups (broad SMARTS) is 1. The number of carbonyl (C=O) groups is 2. The minimum atomic E-state index is -0.685. The molecule has 1 aliphatic heterocycles. The number of urea groups is 1. The van der Waals surface area contributed by atoms with Gasteiger partial charge in [-0.3, -0.25) is 9.69 Å². The van der Waals surface area contributed by atoms with E-state index in [0.29, 0.717) is 24.8 Å².